The van der Waals surface area contributed by atoms with E-state index in [0.717, 1.165) is 0 Å². The van der Waals surface area contributed by atoms with Crippen LogP contribution in [0.3, 0.4) is 0 Å². The highest BCUT2D eigenvalue weighted by Gasteiger charge is 2.51. The lowest BCUT2D eigenvalue weighted by molar-refractivity contribution is -0.765. The lowest BCUT2D eigenvalue weighted by atomic mass is 10.1. The molecule has 258 valence electrons. The van der Waals surface area contributed by atoms with Crippen molar-refractivity contribution >= 4 is 38.5 Å². The van der Waals surface area contributed by atoms with E-state index in [-0.39, 0.29) is 11.2 Å². The molecule has 5 heterocycles. The first-order chi connectivity index (χ1) is 22.2. The Hall–Kier alpha value is -3.05. The third-order valence-corrected chi connectivity index (χ3v) is 9.73. The minimum atomic E-state index is -5.54. The molecule has 11 N–H and O–H groups in total. The average Bonchev–Trinajstić information content (AvgIpc) is 3.67. The number of imidazole rings is 1. The van der Waals surface area contributed by atoms with E-state index in [9.17, 15) is 44.1 Å². The predicted octanol–water partition coefficient (Wildman–Crippen LogP) is -3.23. The molecule has 3 aromatic rings. The van der Waals surface area contributed by atoms with Gasteiger partial charge in [-0.2, -0.15) is 8.88 Å². The fourth-order valence-electron chi connectivity index (χ4n) is 4.91. The number of carbonyl (C=O) groups excluding carboxylic acids is 1. The number of carbonyl (C=O) groups is 1. The molecule has 0 radical (unpaired) electrons. The Labute approximate surface area is 264 Å². The molecule has 2 saturated heterocycles. The molecule has 2 aliphatic rings. The monoisotopic (exact) mass is 707 g/mol. The number of pyridine rings is 1. The maximum absolute atomic E-state index is 13.3. The molecular weight excluding hydrogens is 674 g/mol. The average molecular weight is 708 g/mol. The Bertz CT molecular complexity index is 1680. The second kappa shape index (κ2) is 14.2. The predicted molar refractivity (Wildman–Crippen MR) is 153 cm³/mol. The molecule has 1 amide bonds. The number of aromatic nitrogens is 5. The first-order valence-corrected chi connectivity index (χ1v) is 16.8. The molecule has 0 aliphatic carbocycles. The fraction of sp³-hybridized carbons (Fsp3) is 0.522. The number of hydrogen-bond donors (Lipinski definition) is 9. The number of aliphatic hydroxyl groups is 4. The highest BCUT2D eigenvalue weighted by Crippen LogP contribution is 2.61. The molecular formula is C23H33N8O14P2+. The van der Waals surface area contributed by atoms with Crippen LogP contribution in [0.2, 0.25) is 0 Å². The van der Waals surface area contributed by atoms with Gasteiger partial charge in [0.25, 0.3) is 12.1 Å². The van der Waals surface area contributed by atoms with Gasteiger partial charge in [-0.05, 0) is 6.07 Å². The minimum Gasteiger partial charge on any atom is -0.387 e. The number of rotatable bonds is 14. The van der Waals surface area contributed by atoms with Crippen LogP contribution >= 0.6 is 15.6 Å². The van der Waals surface area contributed by atoms with Crippen LogP contribution in [-0.2, 0) is 32.0 Å². The van der Waals surface area contributed by atoms with Gasteiger partial charge in [-0.15, -0.1) is 0 Å². The van der Waals surface area contributed by atoms with Gasteiger partial charge >= 0.3 is 15.6 Å². The van der Waals surface area contributed by atoms with Crippen LogP contribution in [-0.4, -0.2) is 119 Å². The quantitative estimate of drug-likeness (QED) is 0.0587. The van der Waals surface area contributed by atoms with Crippen molar-refractivity contribution in [3.63, 3.8) is 0 Å². The number of aliphatic hydroxyl groups excluding tert-OH is 4. The number of ether oxygens (including phenoxy) is 2. The van der Waals surface area contributed by atoms with Gasteiger partial charge in [0.05, 0.1) is 19.5 Å². The first-order valence-electron chi connectivity index (χ1n) is 13.8. The first kappa shape index (κ1) is 35.3. The summed E-state index contributed by atoms with van der Waals surface area (Å²) in [6.07, 6.45) is -6.86. The number of anilines is 1. The largest absolute Gasteiger partial charge is 0.483 e. The second-order valence-corrected chi connectivity index (χ2v) is 13.4. The fourth-order valence-corrected chi connectivity index (χ4v) is 7.06. The number of phosphoric ester groups is 1. The normalized spacial score (nSPS) is 29.3. The molecule has 22 nitrogen and oxygen atoms in total. The van der Waals surface area contributed by atoms with Crippen molar-refractivity contribution in [1.82, 2.24) is 19.5 Å². The van der Waals surface area contributed by atoms with E-state index in [4.69, 9.17) is 30.0 Å². The molecule has 1 unspecified atom stereocenters. The Balaban J connectivity index is 1.27. The zero-order chi connectivity index (χ0) is 34.1. The van der Waals surface area contributed by atoms with Crippen molar-refractivity contribution in [2.75, 3.05) is 31.6 Å². The van der Waals surface area contributed by atoms with E-state index < -0.39 is 83.8 Å². The van der Waals surface area contributed by atoms with Crippen LogP contribution in [0.1, 0.15) is 22.8 Å². The highest BCUT2D eigenvalue weighted by molar-refractivity contribution is 7.61. The molecule has 3 aromatic heterocycles. The molecule has 47 heavy (non-hydrogen) atoms. The van der Waals surface area contributed by atoms with Crippen LogP contribution in [0.4, 0.5) is 5.82 Å². The van der Waals surface area contributed by atoms with E-state index in [2.05, 4.69) is 24.6 Å². The molecule has 9 atom stereocenters. The van der Waals surface area contributed by atoms with Gasteiger partial charge < -0.3 is 56.5 Å². The van der Waals surface area contributed by atoms with Gasteiger partial charge in [0.15, 0.2) is 41.7 Å². The molecule has 5 rings (SSSR count). The van der Waals surface area contributed by atoms with Crippen molar-refractivity contribution in [2.24, 2.45) is 11.5 Å². The minimum absolute atomic E-state index is 0.0628. The summed E-state index contributed by atoms with van der Waals surface area (Å²) in [5, 5.41) is 45.5. The van der Waals surface area contributed by atoms with E-state index in [1.165, 1.54) is 46.3 Å². The molecule has 2 aliphatic heterocycles. The summed E-state index contributed by atoms with van der Waals surface area (Å²) in [5.74, 6) is -0.417. The molecule has 2 fully saturated rings. The lowest BCUT2D eigenvalue weighted by Crippen LogP contribution is -2.46. The summed E-state index contributed by atoms with van der Waals surface area (Å²) >= 11 is 0. The van der Waals surface area contributed by atoms with Crippen LogP contribution in [0, 0.1) is 0 Å². The maximum Gasteiger partial charge on any atom is 0.483 e. The molecule has 0 saturated carbocycles. The SMILES string of the molecule is NCCNc1ncnc2c1ncn2[C@@H]1O[C@H](COP(=O)(OC[C@H]2O[C@@H]([n+]3cccc(C(N)=O)c3)[C@H](O)[C@@H]2O)OP(=O)(O)O)[C@@H](O)[C@H]1O. The Morgan fingerprint density at radius 3 is 2.36 bits per heavy atom. The van der Waals surface area contributed by atoms with Gasteiger partial charge in [0.2, 0.25) is 0 Å². The zero-order valence-electron chi connectivity index (χ0n) is 24.1. The number of nitrogens with two attached hydrogens (primary N) is 2. The van der Waals surface area contributed by atoms with Gasteiger partial charge in [-0.1, -0.05) is 0 Å². The number of amides is 1. The Kier molecular flexibility index (Phi) is 10.7. The van der Waals surface area contributed by atoms with E-state index in [1.807, 2.05) is 0 Å². The van der Waals surface area contributed by atoms with Crippen molar-refractivity contribution in [3.8, 4) is 0 Å². The summed E-state index contributed by atoms with van der Waals surface area (Å²) in [5.41, 5.74) is 11.4. The summed E-state index contributed by atoms with van der Waals surface area (Å²) in [6, 6.07) is 2.84. The maximum atomic E-state index is 13.3. The van der Waals surface area contributed by atoms with E-state index >= 15 is 0 Å². The van der Waals surface area contributed by atoms with Gasteiger partial charge in [-0.25, -0.2) is 24.1 Å². The second-order valence-electron chi connectivity index (χ2n) is 10.4. The third kappa shape index (κ3) is 7.82. The molecule has 0 spiro atoms. The van der Waals surface area contributed by atoms with E-state index in [1.54, 1.807) is 0 Å². The summed E-state index contributed by atoms with van der Waals surface area (Å²) in [6.45, 7) is -1.07. The number of primary amides is 1. The van der Waals surface area contributed by atoms with Gasteiger partial charge in [-0.3, -0.25) is 18.4 Å². The Morgan fingerprint density at radius 2 is 1.70 bits per heavy atom. The summed E-state index contributed by atoms with van der Waals surface area (Å²) < 4.78 is 53.3. The number of hydrogen-bond acceptors (Lipinski definition) is 17. The third-order valence-electron chi connectivity index (χ3n) is 7.14. The van der Waals surface area contributed by atoms with Gasteiger partial charge in [0, 0.05) is 19.2 Å². The van der Waals surface area contributed by atoms with Crippen LogP contribution < -0.4 is 21.4 Å². The smallest absolute Gasteiger partial charge is 0.387 e. The summed E-state index contributed by atoms with van der Waals surface area (Å²) in [4.78, 5) is 42.7. The summed E-state index contributed by atoms with van der Waals surface area (Å²) in [7, 11) is -10.8. The lowest BCUT2D eigenvalue weighted by Gasteiger charge is -2.22. The Morgan fingerprint density at radius 1 is 1.02 bits per heavy atom. The van der Waals surface area contributed by atoms with Crippen molar-refractivity contribution < 1.29 is 71.5 Å². The number of nitrogens with zero attached hydrogens (tertiary/aromatic N) is 5. The molecule has 0 aromatic carbocycles. The van der Waals surface area contributed by atoms with Crippen molar-refractivity contribution in [2.45, 2.75) is 49.1 Å². The van der Waals surface area contributed by atoms with Crippen LogP contribution in [0.5, 0.6) is 0 Å². The number of fused-ring (bicyclic) bond motifs is 1. The van der Waals surface area contributed by atoms with E-state index in [0.29, 0.717) is 24.4 Å². The van der Waals surface area contributed by atoms with Gasteiger partial charge in [0.1, 0.15) is 42.4 Å². The molecule has 24 heteroatoms. The number of nitrogens with one attached hydrogen (secondary N) is 1. The van der Waals surface area contributed by atoms with Crippen LogP contribution in [0.15, 0.2) is 37.2 Å². The zero-order valence-corrected chi connectivity index (χ0v) is 25.9. The van der Waals surface area contributed by atoms with Crippen molar-refractivity contribution in [3.05, 3.63) is 42.7 Å². The molecule has 0 bridgehead atoms. The van der Waals surface area contributed by atoms with Crippen molar-refractivity contribution in [1.29, 1.82) is 0 Å². The highest BCUT2D eigenvalue weighted by atomic mass is 31.3. The topological polar surface area (TPSA) is 330 Å². The van der Waals surface area contributed by atoms with Crippen LogP contribution in [0.25, 0.3) is 11.2 Å². The standard InChI is InChI=1S/C23H32N8O14P2/c24-3-4-26-20-14-21(28-9-27-20)31(10-29-14)23-18(35)16(33)13(44-23)8-42-47(40,45-46(37,38)39)41-7-12-15(32)17(34)22(43-12)30-5-1-2-11(6-30)19(25)36/h1-2,5-6,9-10,12-13,15-18,22-23,32-35H,3-4,7-8,24H2,(H4-,25,26,27,28,36,37,38,39)/p+1/t12-,13-,15-,16-,17-,18-,22-,23-,47?/m1/s1. The number of phosphoric acid groups is 2.